The fourth-order valence-corrected chi connectivity index (χ4v) is 3.00. The van der Waals surface area contributed by atoms with Crippen molar-refractivity contribution in [3.63, 3.8) is 0 Å². The molecule has 25 heavy (non-hydrogen) atoms. The van der Waals surface area contributed by atoms with Gasteiger partial charge in [-0.15, -0.1) is 0 Å². The molecule has 0 bridgehead atoms. The Morgan fingerprint density at radius 1 is 1.12 bits per heavy atom. The number of aryl methyl sites for hydroxylation is 1. The van der Waals surface area contributed by atoms with Gasteiger partial charge in [-0.1, -0.05) is 17.7 Å². The van der Waals surface area contributed by atoms with Crippen LogP contribution in [0.5, 0.6) is 11.5 Å². The average Bonchev–Trinajstić information content (AvgIpc) is 2.60. The van der Waals surface area contributed by atoms with Crippen LogP contribution in [0.25, 0.3) is 6.08 Å². The van der Waals surface area contributed by atoms with Gasteiger partial charge >= 0.3 is 0 Å². The highest BCUT2D eigenvalue weighted by atomic mass is 79.9. The molecule has 2 rings (SSSR count). The maximum absolute atomic E-state index is 12.2. The highest BCUT2D eigenvalue weighted by Gasteiger charge is 2.10. The summed E-state index contributed by atoms with van der Waals surface area (Å²) in [4.78, 5) is 12.2. The van der Waals surface area contributed by atoms with E-state index in [2.05, 4.69) is 21.2 Å². The van der Waals surface area contributed by atoms with Crippen molar-refractivity contribution in [2.75, 3.05) is 14.2 Å². The molecule has 2 aromatic carbocycles. The summed E-state index contributed by atoms with van der Waals surface area (Å²) in [5.74, 6) is 1.33. The topological polar surface area (TPSA) is 47.6 Å². The SMILES string of the molecule is COc1ccc([C@H](C)NC(=O)/C=C/c2cc(C)ccc2OC)cc1Br. The summed E-state index contributed by atoms with van der Waals surface area (Å²) >= 11 is 3.46. The number of hydrogen-bond donors (Lipinski definition) is 1. The monoisotopic (exact) mass is 403 g/mol. The number of nitrogens with one attached hydrogen (secondary N) is 1. The van der Waals surface area contributed by atoms with E-state index in [0.717, 1.165) is 32.7 Å². The number of ether oxygens (including phenoxy) is 2. The predicted molar refractivity (Wildman–Crippen MR) is 104 cm³/mol. The molecule has 1 atom stereocenters. The van der Waals surface area contributed by atoms with E-state index < -0.39 is 0 Å². The van der Waals surface area contributed by atoms with Crippen LogP contribution in [0.4, 0.5) is 0 Å². The van der Waals surface area contributed by atoms with Crippen molar-refractivity contribution in [2.45, 2.75) is 19.9 Å². The molecule has 0 aromatic heterocycles. The van der Waals surface area contributed by atoms with Crippen LogP contribution in [0.15, 0.2) is 46.9 Å². The largest absolute Gasteiger partial charge is 0.496 e. The first-order valence-corrected chi connectivity index (χ1v) is 8.70. The van der Waals surface area contributed by atoms with E-state index in [0.29, 0.717) is 0 Å². The minimum atomic E-state index is -0.164. The molecule has 0 unspecified atom stereocenters. The first-order valence-electron chi connectivity index (χ1n) is 7.91. The maximum Gasteiger partial charge on any atom is 0.244 e. The molecule has 0 saturated carbocycles. The Morgan fingerprint density at radius 3 is 2.44 bits per heavy atom. The lowest BCUT2D eigenvalue weighted by Gasteiger charge is -2.14. The third kappa shape index (κ3) is 5.10. The van der Waals surface area contributed by atoms with E-state index in [4.69, 9.17) is 9.47 Å². The van der Waals surface area contributed by atoms with E-state index in [1.54, 1.807) is 20.3 Å². The van der Waals surface area contributed by atoms with Gasteiger partial charge in [-0.3, -0.25) is 4.79 Å². The summed E-state index contributed by atoms with van der Waals surface area (Å²) in [5.41, 5.74) is 2.97. The molecule has 2 aromatic rings. The number of methoxy groups -OCH3 is 2. The minimum Gasteiger partial charge on any atom is -0.496 e. The number of carbonyl (C=O) groups excluding carboxylic acids is 1. The molecule has 0 aliphatic rings. The normalized spacial score (nSPS) is 12.0. The van der Waals surface area contributed by atoms with Gasteiger partial charge in [0.25, 0.3) is 0 Å². The van der Waals surface area contributed by atoms with Crippen LogP contribution in [0.3, 0.4) is 0 Å². The van der Waals surface area contributed by atoms with Crippen LogP contribution in [0.2, 0.25) is 0 Å². The van der Waals surface area contributed by atoms with Gasteiger partial charge in [0.2, 0.25) is 5.91 Å². The van der Waals surface area contributed by atoms with Gasteiger partial charge in [0, 0.05) is 11.6 Å². The Labute approximate surface area is 157 Å². The molecule has 4 nitrogen and oxygen atoms in total. The lowest BCUT2D eigenvalue weighted by molar-refractivity contribution is -0.117. The van der Waals surface area contributed by atoms with Gasteiger partial charge < -0.3 is 14.8 Å². The van der Waals surface area contributed by atoms with Crippen LogP contribution in [0, 0.1) is 6.92 Å². The zero-order valence-electron chi connectivity index (χ0n) is 14.8. The second-order valence-corrected chi connectivity index (χ2v) is 6.56. The second kappa shape index (κ2) is 8.72. The van der Waals surface area contributed by atoms with Crippen LogP contribution in [-0.4, -0.2) is 20.1 Å². The lowest BCUT2D eigenvalue weighted by Crippen LogP contribution is -2.24. The molecule has 5 heteroatoms. The van der Waals surface area contributed by atoms with Gasteiger partial charge in [-0.05, 0) is 65.7 Å². The molecule has 0 fully saturated rings. The second-order valence-electron chi connectivity index (χ2n) is 5.70. The summed E-state index contributed by atoms with van der Waals surface area (Å²) in [6.45, 7) is 3.94. The zero-order valence-corrected chi connectivity index (χ0v) is 16.4. The summed E-state index contributed by atoms with van der Waals surface area (Å²) in [6, 6.07) is 11.5. The Balaban J connectivity index is 2.07. The molecular weight excluding hydrogens is 382 g/mol. The van der Waals surface area contributed by atoms with Crippen LogP contribution in [0.1, 0.15) is 29.7 Å². The zero-order chi connectivity index (χ0) is 18.4. The van der Waals surface area contributed by atoms with Crippen LogP contribution < -0.4 is 14.8 Å². The van der Waals surface area contributed by atoms with Crippen molar-refractivity contribution in [1.82, 2.24) is 5.32 Å². The van der Waals surface area contributed by atoms with Gasteiger partial charge in [0.15, 0.2) is 0 Å². The minimum absolute atomic E-state index is 0.126. The Bertz CT molecular complexity index is 787. The molecule has 0 aliphatic carbocycles. The van der Waals surface area contributed by atoms with Crippen molar-refractivity contribution < 1.29 is 14.3 Å². The van der Waals surface area contributed by atoms with Gasteiger partial charge in [-0.25, -0.2) is 0 Å². The fourth-order valence-electron chi connectivity index (χ4n) is 2.45. The first kappa shape index (κ1) is 19.1. The maximum atomic E-state index is 12.2. The molecule has 0 saturated heterocycles. The van der Waals surface area contributed by atoms with E-state index in [9.17, 15) is 4.79 Å². The van der Waals surface area contributed by atoms with Crippen molar-refractivity contribution >= 4 is 27.9 Å². The average molecular weight is 404 g/mol. The molecule has 0 heterocycles. The van der Waals surface area contributed by atoms with Crippen LogP contribution >= 0.6 is 15.9 Å². The van der Waals surface area contributed by atoms with Gasteiger partial charge in [-0.2, -0.15) is 0 Å². The molecule has 1 amide bonds. The van der Waals surface area contributed by atoms with E-state index in [-0.39, 0.29) is 11.9 Å². The molecule has 1 N–H and O–H groups in total. The number of halogens is 1. The number of benzene rings is 2. The quantitative estimate of drug-likeness (QED) is 0.713. The van der Waals surface area contributed by atoms with Crippen molar-refractivity contribution in [2.24, 2.45) is 0 Å². The highest BCUT2D eigenvalue weighted by Crippen LogP contribution is 2.28. The van der Waals surface area contributed by atoms with Gasteiger partial charge in [0.1, 0.15) is 11.5 Å². The standard InChI is InChI=1S/C20H22BrNO3/c1-13-5-8-18(24-3)16(11-13)7-10-20(23)22-14(2)15-6-9-19(25-4)17(21)12-15/h5-12,14H,1-4H3,(H,22,23)/b10-7+/t14-/m0/s1. The molecular formula is C20H22BrNO3. The number of carbonyl (C=O) groups is 1. The number of hydrogen-bond acceptors (Lipinski definition) is 3. The molecule has 132 valence electrons. The summed E-state index contributed by atoms with van der Waals surface area (Å²) in [6.07, 6.45) is 3.28. The Hall–Kier alpha value is -2.27. The summed E-state index contributed by atoms with van der Waals surface area (Å²) in [7, 11) is 3.24. The first-order chi connectivity index (χ1) is 11.9. The van der Waals surface area contributed by atoms with Crippen molar-refractivity contribution in [1.29, 1.82) is 0 Å². The molecule has 0 spiro atoms. The number of rotatable bonds is 6. The molecule has 0 aliphatic heterocycles. The van der Waals surface area contributed by atoms with Gasteiger partial charge in [0.05, 0.1) is 24.7 Å². The van der Waals surface area contributed by atoms with Crippen LogP contribution in [-0.2, 0) is 4.79 Å². The molecule has 0 radical (unpaired) electrons. The summed E-state index contributed by atoms with van der Waals surface area (Å²) in [5, 5.41) is 2.96. The smallest absolute Gasteiger partial charge is 0.244 e. The third-order valence-corrected chi connectivity index (χ3v) is 4.45. The highest BCUT2D eigenvalue weighted by molar-refractivity contribution is 9.10. The van der Waals surface area contributed by atoms with Crippen molar-refractivity contribution in [3.8, 4) is 11.5 Å². The Morgan fingerprint density at radius 2 is 1.80 bits per heavy atom. The lowest BCUT2D eigenvalue weighted by atomic mass is 10.1. The van der Waals surface area contributed by atoms with E-state index in [1.807, 2.05) is 50.2 Å². The Kier molecular flexibility index (Phi) is 6.65. The van der Waals surface area contributed by atoms with E-state index >= 15 is 0 Å². The predicted octanol–water partition coefficient (Wildman–Crippen LogP) is 4.67. The third-order valence-electron chi connectivity index (χ3n) is 3.83. The van der Waals surface area contributed by atoms with E-state index in [1.165, 1.54) is 6.08 Å². The fraction of sp³-hybridized carbons (Fsp3) is 0.250. The van der Waals surface area contributed by atoms with Crippen molar-refractivity contribution in [3.05, 3.63) is 63.6 Å². The number of amides is 1. The summed E-state index contributed by atoms with van der Waals surface area (Å²) < 4.78 is 11.4.